The van der Waals surface area contributed by atoms with Gasteiger partial charge in [-0.15, -0.1) is 0 Å². The number of phenols is 2. The van der Waals surface area contributed by atoms with Crippen LogP contribution in [0.4, 0.5) is 0 Å². The van der Waals surface area contributed by atoms with Gasteiger partial charge in [0.1, 0.15) is 41.4 Å². The van der Waals surface area contributed by atoms with E-state index >= 15 is 0 Å². The van der Waals surface area contributed by atoms with E-state index in [1.807, 2.05) is 19.1 Å². The summed E-state index contributed by atoms with van der Waals surface area (Å²) in [6.45, 7) is 7.18. The van der Waals surface area contributed by atoms with Gasteiger partial charge < -0.3 is 39.5 Å². The second-order valence-electron chi connectivity index (χ2n) is 15.2. The average Bonchev–Trinajstić information content (AvgIpc) is 3.21. The van der Waals surface area contributed by atoms with Crippen LogP contribution >= 0.6 is 0 Å². The topological polar surface area (TPSA) is 175 Å². The van der Waals surface area contributed by atoms with Crippen molar-refractivity contribution < 1.29 is 48.4 Å². The van der Waals surface area contributed by atoms with Crippen molar-refractivity contribution in [1.29, 1.82) is 0 Å². The molecule has 316 valence electrons. The lowest BCUT2D eigenvalue weighted by atomic mass is 9.96. The SMILES string of the molecule is CC[C@H](C)[C@@H](OC(=O)[C@@H](Cc1ccc(OC)cc1)N(C)C)C(=O)N[C@@H](C(=O)N(C)[C@@H](Cc1ccc(O)cc1)C(=O)N(C)[C@@H](Cc1ccc(O)cc1)C(=O)OC)C(C)C. The molecule has 0 saturated carbocycles. The van der Waals surface area contributed by atoms with Crippen LogP contribution in [-0.2, 0) is 52.7 Å². The Morgan fingerprint density at radius 1 is 0.638 bits per heavy atom. The Kier molecular flexibility index (Phi) is 17.5. The van der Waals surface area contributed by atoms with Gasteiger partial charge in [0.15, 0.2) is 6.10 Å². The Morgan fingerprint density at radius 2 is 1.09 bits per heavy atom. The van der Waals surface area contributed by atoms with Gasteiger partial charge in [-0.05, 0) is 85.9 Å². The fourth-order valence-electron chi connectivity index (χ4n) is 6.43. The Balaban J connectivity index is 1.92. The van der Waals surface area contributed by atoms with Gasteiger partial charge in [-0.25, -0.2) is 4.79 Å². The van der Waals surface area contributed by atoms with E-state index < -0.39 is 71.8 Å². The van der Waals surface area contributed by atoms with Crippen LogP contribution in [0.15, 0.2) is 72.8 Å². The summed E-state index contributed by atoms with van der Waals surface area (Å²) in [6, 6.07) is 15.6. The lowest BCUT2D eigenvalue weighted by molar-refractivity contribution is -0.164. The third-order valence-electron chi connectivity index (χ3n) is 10.5. The van der Waals surface area contributed by atoms with Gasteiger partial charge in [0, 0.05) is 32.9 Å². The molecule has 58 heavy (non-hydrogen) atoms. The van der Waals surface area contributed by atoms with Gasteiger partial charge in [0.2, 0.25) is 11.8 Å². The molecule has 3 aromatic rings. The molecule has 14 heteroatoms. The number of nitrogens with zero attached hydrogens (tertiary/aromatic N) is 3. The van der Waals surface area contributed by atoms with E-state index in [0.29, 0.717) is 29.7 Å². The fourth-order valence-corrected chi connectivity index (χ4v) is 6.43. The Labute approximate surface area is 342 Å². The first-order valence-electron chi connectivity index (χ1n) is 19.4. The van der Waals surface area contributed by atoms with Crippen LogP contribution in [0.5, 0.6) is 17.2 Å². The number of methoxy groups -OCH3 is 2. The fraction of sp³-hybridized carbons (Fsp3) is 0.477. The number of hydrogen-bond acceptors (Lipinski definition) is 11. The predicted molar refractivity (Wildman–Crippen MR) is 219 cm³/mol. The molecular formula is C44H60N4O10. The molecule has 0 aromatic heterocycles. The summed E-state index contributed by atoms with van der Waals surface area (Å²) in [4.78, 5) is 74.2. The molecule has 3 rings (SSSR count). The van der Waals surface area contributed by atoms with Gasteiger partial charge in [-0.2, -0.15) is 0 Å². The third-order valence-corrected chi connectivity index (χ3v) is 10.5. The van der Waals surface area contributed by atoms with Crippen LogP contribution in [0.2, 0.25) is 0 Å². The molecule has 0 heterocycles. The van der Waals surface area contributed by atoms with E-state index in [1.54, 1.807) is 83.3 Å². The number of amides is 3. The van der Waals surface area contributed by atoms with Crippen molar-refractivity contribution >= 4 is 29.7 Å². The molecule has 0 spiro atoms. The number of nitrogens with one attached hydrogen (secondary N) is 1. The highest BCUT2D eigenvalue weighted by Gasteiger charge is 2.40. The van der Waals surface area contributed by atoms with Crippen molar-refractivity contribution in [3.05, 3.63) is 89.5 Å². The number of carbonyl (C=O) groups excluding carboxylic acids is 5. The van der Waals surface area contributed by atoms with Gasteiger partial charge in [-0.3, -0.25) is 24.1 Å². The molecular weight excluding hydrogens is 745 g/mol. The van der Waals surface area contributed by atoms with E-state index in [0.717, 1.165) is 5.56 Å². The Bertz CT molecular complexity index is 1820. The normalized spacial score (nSPS) is 14.3. The predicted octanol–water partition coefficient (Wildman–Crippen LogP) is 3.99. The van der Waals surface area contributed by atoms with Crippen molar-refractivity contribution in [3.8, 4) is 17.2 Å². The van der Waals surface area contributed by atoms with E-state index in [1.165, 1.54) is 55.3 Å². The number of aromatic hydroxyl groups is 2. The minimum atomic E-state index is -1.23. The number of benzene rings is 3. The highest BCUT2D eigenvalue weighted by atomic mass is 16.6. The minimum Gasteiger partial charge on any atom is -0.508 e. The molecule has 0 aliphatic rings. The molecule has 0 fully saturated rings. The third kappa shape index (κ3) is 12.7. The van der Waals surface area contributed by atoms with Crippen LogP contribution in [0, 0.1) is 11.8 Å². The maximum atomic E-state index is 14.5. The number of phenolic OH excluding ortho intramolecular Hbond substituents is 2. The molecule has 3 N–H and O–H groups in total. The molecule has 0 bridgehead atoms. The minimum absolute atomic E-state index is 0.00475. The summed E-state index contributed by atoms with van der Waals surface area (Å²) in [6.07, 6.45) is -0.341. The Hall–Kier alpha value is -5.63. The molecule has 14 nitrogen and oxygen atoms in total. The lowest BCUT2D eigenvalue weighted by Crippen LogP contribution is -2.59. The molecule has 3 aromatic carbocycles. The van der Waals surface area contributed by atoms with Crippen LogP contribution in [-0.4, -0.2) is 127 Å². The molecule has 0 saturated heterocycles. The van der Waals surface area contributed by atoms with Crippen LogP contribution in [0.25, 0.3) is 0 Å². The summed E-state index contributed by atoms with van der Waals surface area (Å²) in [5.74, 6) is -3.22. The Morgan fingerprint density at radius 3 is 1.52 bits per heavy atom. The van der Waals surface area contributed by atoms with Gasteiger partial charge in [0.05, 0.1) is 14.2 Å². The zero-order chi connectivity index (χ0) is 43.3. The highest BCUT2D eigenvalue weighted by molar-refractivity contribution is 5.95. The van der Waals surface area contributed by atoms with E-state index in [4.69, 9.17) is 14.2 Å². The van der Waals surface area contributed by atoms with Crippen molar-refractivity contribution in [1.82, 2.24) is 20.0 Å². The number of rotatable bonds is 20. The number of esters is 2. The van der Waals surface area contributed by atoms with Crippen molar-refractivity contribution in [2.75, 3.05) is 42.4 Å². The summed E-state index contributed by atoms with van der Waals surface area (Å²) < 4.78 is 16.3. The van der Waals surface area contributed by atoms with Crippen molar-refractivity contribution in [2.45, 2.75) is 83.6 Å². The number of carbonyl (C=O) groups is 5. The number of likely N-dealkylation sites (N-methyl/N-ethyl adjacent to an activating group) is 3. The van der Waals surface area contributed by atoms with Gasteiger partial charge >= 0.3 is 11.9 Å². The maximum Gasteiger partial charge on any atom is 0.328 e. The first-order chi connectivity index (χ1) is 27.4. The van der Waals surface area contributed by atoms with Crippen molar-refractivity contribution in [3.63, 3.8) is 0 Å². The molecule has 0 aliphatic carbocycles. The highest BCUT2D eigenvalue weighted by Crippen LogP contribution is 2.22. The summed E-state index contributed by atoms with van der Waals surface area (Å²) in [7, 11) is 9.21. The average molecular weight is 805 g/mol. The van der Waals surface area contributed by atoms with Crippen molar-refractivity contribution in [2.24, 2.45) is 11.8 Å². The monoisotopic (exact) mass is 804 g/mol. The van der Waals surface area contributed by atoms with E-state index in [-0.39, 0.29) is 24.3 Å². The number of hydrogen-bond donors (Lipinski definition) is 3. The zero-order valence-electron chi connectivity index (χ0n) is 35.3. The van der Waals surface area contributed by atoms with Gasteiger partial charge in [-0.1, -0.05) is 64.1 Å². The molecule has 0 radical (unpaired) electrons. The second kappa shape index (κ2) is 21.8. The molecule has 3 amide bonds. The number of ether oxygens (including phenoxy) is 3. The summed E-state index contributed by atoms with van der Waals surface area (Å²) in [5, 5.41) is 22.6. The first kappa shape index (κ1) is 46.8. The van der Waals surface area contributed by atoms with Crippen LogP contribution in [0.3, 0.4) is 0 Å². The second-order valence-corrected chi connectivity index (χ2v) is 15.2. The summed E-state index contributed by atoms with van der Waals surface area (Å²) >= 11 is 0. The molecule has 0 aliphatic heterocycles. The largest absolute Gasteiger partial charge is 0.508 e. The van der Waals surface area contributed by atoms with Crippen LogP contribution < -0.4 is 10.1 Å². The maximum absolute atomic E-state index is 14.5. The van der Waals surface area contributed by atoms with Gasteiger partial charge in [0.25, 0.3) is 5.91 Å². The van der Waals surface area contributed by atoms with E-state index in [9.17, 15) is 34.2 Å². The smallest absolute Gasteiger partial charge is 0.328 e. The van der Waals surface area contributed by atoms with E-state index in [2.05, 4.69) is 5.32 Å². The molecule has 6 atom stereocenters. The standard InChI is InChI=1S/C44H60N4O10/c1-11-28(4)39(58-44(55)36(46(5)6)25-31-16-22-34(56-9)23-17-31)40(51)45-38(27(2)3)42(53)47(7)35(24-29-12-18-32(49)19-13-29)41(52)48(8)37(43(54)57-10)26-30-14-20-33(50)21-15-30/h12-23,27-28,35-39,49-50H,11,24-26H2,1-10H3,(H,45,51)/t28-,35-,36+,37-,38+,39+/m0/s1. The van der Waals surface area contributed by atoms with Crippen LogP contribution in [0.1, 0.15) is 50.8 Å². The first-order valence-corrected chi connectivity index (χ1v) is 19.4. The quantitative estimate of drug-likeness (QED) is 0.141. The zero-order valence-corrected chi connectivity index (χ0v) is 35.3. The lowest BCUT2D eigenvalue weighted by Gasteiger charge is -2.36. The summed E-state index contributed by atoms with van der Waals surface area (Å²) in [5.41, 5.74) is 2.15. The molecule has 0 unspecified atom stereocenters.